The molecule has 2 amide bonds. The number of halogens is 3. The van der Waals surface area contributed by atoms with E-state index in [1.807, 2.05) is 11.0 Å². The van der Waals surface area contributed by atoms with Gasteiger partial charge in [0.05, 0.1) is 16.1 Å². The molecule has 210 valence electrons. The number of carbonyl (C=O) groups excluding carboxylic acids is 2. The summed E-state index contributed by atoms with van der Waals surface area (Å²) in [4.78, 5) is 32.7. The average molecular weight is 579 g/mol. The number of rotatable bonds is 5. The van der Waals surface area contributed by atoms with Crippen LogP contribution in [-0.2, 0) is 9.53 Å². The van der Waals surface area contributed by atoms with Crippen LogP contribution in [0.25, 0.3) is 0 Å². The molecule has 2 aromatic rings. The molecule has 3 aliphatic rings. The number of carbonyl (C=O) groups is 2. The van der Waals surface area contributed by atoms with Gasteiger partial charge in [-0.1, -0.05) is 29.3 Å². The summed E-state index contributed by atoms with van der Waals surface area (Å²) < 4.78 is 24.3. The molecule has 2 unspecified atom stereocenters. The van der Waals surface area contributed by atoms with Crippen molar-refractivity contribution in [1.29, 1.82) is 0 Å². The van der Waals surface area contributed by atoms with E-state index in [9.17, 15) is 14.0 Å². The molecule has 3 fully saturated rings. The van der Waals surface area contributed by atoms with Gasteiger partial charge in [-0.15, -0.1) is 0 Å². The number of ether oxygens (including phenoxy) is 2. The van der Waals surface area contributed by atoms with Crippen LogP contribution in [0.15, 0.2) is 42.5 Å². The number of benzene rings is 2. The van der Waals surface area contributed by atoms with Crippen molar-refractivity contribution < 1.29 is 23.5 Å². The topological polar surface area (TPSA) is 62.3 Å². The van der Waals surface area contributed by atoms with E-state index in [0.717, 1.165) is 57.6 Å². The third-order valence-electron chi connectivity index (χ3n) is 8.36. The number of amides is 2. The molecular formula is C29H34Cl2FN3O4. The third-order valence-corrected chi connectivity index (χ3v) is 9.10. The summed E-state index contributed by atoms with van der Waals surface area (Å²) in [6, 6.07) is 11.0. The number of nitrogens with zero attached hydrogens (tertiary/aromatic N) is 3. The summed E-state index contributed by atoms with van der Waals surface area (Å²) in [5.41, 5.74) is 0.903. The Morgan fingerprint density at radius 1 is 0.974 bits per heavy atom. The highest BCUT2D eigenvalue weighted by Crippen LogP contribution is 2.36. The van der Waals surface area contributed by atoms with Crippen molar-refractivity contribution in [3.8, 4) is 5.75 Å². The van der Waals surface area contributed by atoms with Crippen molar-refractivity contribution in [3.05, 3.63) is 63.9 Å². The van der Waals surface area contributed by atoms with Crippen LogP contribution in [0.3, 0.4) is 0 Å². The minimum Gasteiger partial charge on any atom is -0.410 e. The molecule has 2 atom stereocenters. The lowest BCUT2D eigenvalue weighted by Crippen LogP contribution is -2.47. The number of hydrogen-bond acceptors (Lipinski definition) is 5. The van der Waals surface area contributed by atoms with E-state index in [0.29, 0.717) is 29.2 Å². The van der Waals surface area contributed by atoms with Gasteiger partial charge in [0, 0.05) is 51.2 Å². The van der Waals surface area contributed by atoms with Gasteiger partial charge in [0.15, 0.2) is 0 Å². The second kappa shape index (κ2) is 12.4. The zero-order valence-corrected chi connectivity index (χ0v) is 23.5. The lowest BCUT2D eigenvalue weighted by Gasteiger charge is -2.39. The highest BCUT2D eigenvalue weighted by atomic mass is 35.5. The van der Waals surface area contributed by atoms with E-state index >= 15 is 0 Å². The van der Waals surface area contributed by atoms with E-state index in [2.05, 4.69) is 4.90 Å². The van der Waals surface area contributed by atoms with E-state index in [1.165, 1.54) is 29.2 Å². The van der Waals surface area contributed by atoms with Gasteiger partial charge in [-0.05, 0) is 80.7 Å². The molecule has 3 saturated heterocycles. The molecular weight excluding hydrogens is 544 g/mol. The molecule has 7 nitrogen and oxygen atoms in total. The van der Waals surface area contributed by atoms with Gasteiger partial charge in [0.1, 0.15) is 11.6 Å². The van der Waals surface area contributed by atoms with Crippen molar-refractivity contribution in [2.24, 2.45) is 5.92 Å². The van der Waals surface area contributed by atoms with Crippen molar-refractivity contribution in [2.45, 2.75) is 43.7 Å². The molecule has 3 aliphatic heterocycles. The fourth-order valence-corrected chi connectivity index (χ4v) is 6.37. The van der Waals surface area contributed by atoms with Crippen molar-refractivity contribution in [3.63, 3.8) is 0 Å². The predicted molar refractivity (Wildman–Crippen MR) is 148 cm³/mol. The minimum atomic E-state index is -0.573. The van der Waals surface area contributed by atoms with Crippen LogP contribution in [0.4, 0.5) is 9.18 Å². The maximum Gasteiger partial charge on any atom is 0.415 e. The van der Waals surface area contributed by atoms with E-state index in [-0.39, 0.29) is 29.5 Å². The number of piperidine rings is 1. The third kappa shape index (κ3) is 6.51. The largest absolute Gasteiger partial charge is 0.415 e. The van der Waals surface area contributed by atoms with Crippen LogP contribution in [0, 0.1) is 11.7 Å². The Labute approximate surface area is 238 Å². The van der Waals surface area contributed by atoms with E-state index in [1.54, 1.807) is 19.2 Å². The second-order valence-electron chi connectivity index (χ2n) is 10.7. The number of likely N-dealkylation sites (tertiary alicyclic amines) is 2. The molecule has 0 aliphatic carbocycles. The van der Waals surface area contributed by atoms with Crippen LogP contribution in [-0.4, -0.2) is 85.2 Å². The minimum absolute atomic E-state index is 0.0363. The first-order chi connectivity index (χ1) is 18.8. The van der Waals surface area contributed by atoms with Crippen LogP contribution in [0.5, 0.6) is 5.75 Å². The van der Waals surface area contributed by atoms with Crippen molar-refractivity contribution >= 4 is 35.2 Å². The zero-order valence-electron chi connectivity index (χ0n) is 22.0. The maximum absolute atomic E-state index is 13.7. The summed E-state index contributed by atoms with van der Waals surface area (Å²) in [5, 5.41) is 0.873. The fraction of sp³-hybridized carbons (Fsp3) is 0.517. The first-order valence-electron chi connectivity index (χ1n) is 13.6. The van der Waals surface area contributed by atoms with Gasteiger partial charge < -0.3 is 24.2 Å². The van der Waals surface area contributed by atoms with E-state index < -0.39 is 11.9 Å². The summed E-state index contributed by atoms with van der Waals surface area (Å²) in [6.45, 7) is 4.31. The summed E-state index contributed by atoms with van der Waals surface area (Å²) >= 11 is 12.5. The number of likely N-dealkylation sites (N-methyl/N-ethyl adjacent to an activating group) is 1. The molecule has 10 heteroatoms. The quantitative estimate of drug-likeness (QED) is 0.473. The summed E-state index contributed by atoms with van der Waals surface area (Å²) in [7, 11) is 1.67. The summed E-state index contributed by atoms with van der Waals surface area (Å²) in [5.74, 6) is -0.231. The highest BCUT2D eigenvalue weighted by Gasteiger charge is 2.43. The van der Waals surface area contributed by atoms with Gasteiger partial charge in [-0.3, -0.25) is 4.79 Å². The van der Waals surface area contributed by atoms with Gasteiger partial charge in [-0.25, -0.2) is 9.18 Å². The first-order valence-corrected chi connectivity index (χ1v) is 14.3. The predicted octanol–water partition coefficient (Wildman–Crippen LogP) is 5.45. The molecule has 0 aromatic heterocycles. The Hall–Kier alpha value is -2.39. The van der Waals surface area contributed by atoms with Crippen LogP contribution >= 0.6 is 23.2 Å². The lowest BCUT2D eigenvalue weighted by atomic mass is 9.92. The van der Waals surface area contributed by atoms with Crippen LogP contribution in [0.2, 0.25) is 10.0 Å². The molecule has 0 saturated carbocycles. The molecule has 0 radical (unpaired) electrons. The molecule has 0 N–H and O–H groups in total. The zero-order chi connectivity index (χ0) is 27.5. The van der Waals surface area contributed by atoms with Gasteiger partial charge in [0.2, 0.25) is 5.91 Å². The highest BCUT2D eigenvalue weighted by molar-refractivity contribution is 6.42. The maximum atomic E-state index is 13.7. The fourth-order valence-electron chi connectivity index (χ4n) is 6.06. The number of hydrogen-bond donors (Lipinski definition) is 0. The second-order valence-corrected chi connectivity index (χ2v) is 11.5. The SMILES string of the molecule is CN(C(=O)Oc1ccc(F)cc1)C1CN(C(=O)C2CCN(C3CCOCC3)CC2)CC1c1ccc(Cl)c(Cl)c1. The van der Waals surface area contributed by atoms with E-state index in [4.69, 9.17) is 32.7 Å². The summed E-state index contributed by atoms with van der Waals surface area (Å²) in [6.07, 6.45) is 3.20. The van der Waals surface area contributed by atoms with Gasteiger partial charge in [0.25, 0.3) is 0 Å². The smallest absolute Gasteiger partial charge is 0.410 e. The Morgan fingerprint density at radius 3 is 2.33 bits per heavy atom. The van der Waals surface area contributed by atoms with Crippen molar-refractivity contribution in [1.82, 2.24) is 14.7 Å². The Bertz CT molecular complexity index is 1170. The first kappa shape index (κ1) is 28.1. The van der Waals surface area contributed by atoms with Gasteiger partial charge >= 0.3 is 6.09 Å². The molecule has 3 heterocycles. The van der Waals surface area contributed by atoms with Gasteiger partial charge in [-0.2, -0.15) is 0 Å². The van der Waals surface area contributed by atoms with Crippen LogP contribution in [0.1, 0.15) is 37.2 Å². The molecule has 0 bridgehead atoms. The average Bonchev–Trinajstić information content (AvgIpc) is 3.41. The molecule has 39 heavy (non-hydrogen) atoms. The van der Waals surface area contributed by atoms with Crippen molar-refractivity contribution in [2.75, 3.05) is 46.4 Å². The Kier molecular flexibility index (Phi) is 8.96. The monoisotopic (exact) mass is 577 g/mol. The molecule has 0 spiro atoms. The Morgan fingerprint density at radius 2 is 1.67 bits per heavy atom. The molecule has 2 aromatic carbocycles. The lowest BCUT2D eigenvalue weighted by molar-refractivity contribution is -0.136. The Balaban J connectivity index is 1.29. The molecule has 5 rings (SSSR count). The normalized spacial score (nSPS) is 23.1. The standard InChI is InChI=1S/C29H34Cl2FN3O4/c1-33(29(37)39-23-5-3-21(32)4-6-23)27-18-35(17-24(27)20-2-7-25(30)26(31)16-20)28(36)19-8-12-34(13-9-19)22-10-14-38-15-11-22/h2-7,16,19,22,24,27H,8-15,17-18H2,1H3. The van der Waals surface area contributed by atoms with Crippen LogP contribution < -0.4 is 4.74 Å².